The number of hydrogen-bond acceptors (Lipinski definition) is 3. The van der Waals surface area contributed by atoms with Crippen LogP contribution in [0.2, 0.25) is 0 Å². The van der Waals surface area contributed by atoms with E-state index in [9.17, 15) is 4.79 Å². The van der Waals surface area contributed by atoms with Gasteiger partial charge in [-0.1, -0.05) is 6.42 Å². The Hall–Kier alpha value is -1.55. The summed E-state index contributed by atoms with van der Waals surface area (Å²) in [4.78, 5) is 12.0. The molecule has 1 aromatic carbocycles. The minimum Gasteiger partial charge on any atom is -0.488 e. The van der Waals surface area contributed by atoms with E-state index in [2.05, 4.69) is 5.32 Å². The van der Waals surface area contributed by atoms with Gasteiger partial charge in [-0.05, 0) is 63.8 Å². The summed E-state index contributed by atoms with van der Waals surface area (Å²) in [6, 6.07) is 7.67. The van der Waals surface area contributed by atoms with E-state index < -0.39 is 0 Å². The van der Waals surface area contributed by atoms with Crippen molar-refractivity contribution in [3.8, 4) is 5.75 Å². The molecule has 0 bridgehead atoms. The highest BCUT2D eigenvalue weighted by atomic mass is 16.5. The summed E-state index contributed by atoms with van der Waals surface area (Å²) in [6.45, 7) is 6.02. The molecule has 3 N–H and O–H groups in total. The second kappa shape index (κ2) is 6.48. The normalized spacial score (nSPS) is 22.1. The van der Waals surface area contributed by atoms with Crippen molar-refractivity contribution < 1.29 is 9.53 Å². The van der Waals surface area contributed by atoms with Crippen molar-refractivity contribution in [3.63, 3.8) is 0 Å². The minimum atomic E-state index is -0.219. The van der Waals surface area contributed by atoms with Gasteiger partial charge in [-0.15, -0.1) is 0 Å². The van der Waals surface area contributed by atoms with E-state index in [1.807, 2.05) is 45.0 Å². The smallest absolute Gasteiger partial charge is 0.224 e. The SMILES string of the molecule is CC(C)(C)Oc1ccc(NC(=O)C[C@@H]2CCC[C@H]2N)cc1. The lowest BCUT2D eigenvalue weighted by Gasteiger charge is -2.21. The lowest BCUT2D eigenvalue weighted by molar-refractivity contribution is -0.117. The average molecular weight is 290 g/mol. The van der Waals surface area contributed by atoms with E-state index in [1.165, 1.54) is 0 Å². The van der Waals surface area contributed by atoms with Crippen LogP contribution in [0.25, 0.3) is 0 Å². The van der Waals surface area contributed by atoms with Crippen molar-refractivity contribution in [1.29, 1.82) is 0 Å². The molecule has 4 heteroatoms. The number of rotatable bonds is 4. The molecule has 1 fully saturated rings. The maximum Gasteiger partial charge on any atom is 0.224 e. The maximum atomic E-state index is 12.0. The number of carbonyl (C=O) groups is 1. The number of carbonyl (C=O) groups excluding carboxylic acids is 1. The highest BCUT2D eigenvalue weighted by Gasteiger charge is 2.26. The van der Waals surface area contributed by atoms with Crippen LogP contribution < -0.4 is 15.8 Å². The number of hydrogen-bond donors (Lipinski definition) is 2. The third-order valence-corrected chi connectivity index (χ3v) is 3.73. The van der Waals surface area contributed by atoms with Gasteiger partial charge in [0.1, 0.15) is 11.4 Å². The molecule has 0 aliphatic heterocycles. The number of nitrogens with one attached hydrogen (secondary N) is 1. The van der Waals surface area contributed by atoms with Gasteiger partial charge in [0.25, 0.3) is 0 Å². The Morgan fingerprint density at radius 2 is 1.95 bits per heavy atom. The predicted molar refractivity (Wildman–Crippen MR) is 85.4 cm³/mol. The molecule has 1 aliphatic carbocycles. The Kier molecular flexibility index (Phi) is 4.88. The zero-order chi connectivity index (χ0) is 15.5. The number of nitrogens with two attached hydrogens (primary N) is 1. The van der Waals surface area contributed by atoms with Gasteiger partial charge in [0.2, 0.25) is 5.91 Å². The molecule has 0 aromatic heterocycles. The van der Waals surface area contributed by atoms with Crippen LogP contribution in [0.3, 0.4) is 0 Å². The van der Waals surface area contributed by atoms with Gasteiger partial charge in [0.05, 0.1) is 0 Å². The molecule has 1 amide bonds. The fraction of sp³-hybridized carbons (Fsp3) is 0.588. The fourth-order valence-corrected chi connectivity index (χ4v) is 2.73. The molecular weight excluding hydrogens is 264 g/mol. The highest BCUT2D eigenvalue weighted by molar-refractivity contribution is 5.90. The molecular formula is C17H26N2O2. The molecule has 4 nitrogen and oxygen atoms in total. The van der Waals surface area contributed by atoms with Crippen LogP contribution in [-0.2, 0) is 4.79 Å². The van der Waals surface area contributed by atoms with Gasteiger partial charge in [-0.25, -0.2) is 0 Å². The first-order chi connectivity index (χ1) is 9.83. The number of anilines is 1. The highest BCUT2D eigenvalue weighted by Crippen LogP contribution is 2.27. The van der Waals surface area contributed by atoms with Crippen LogP contribution >= 0.6 is 0 Å². The molecule has 1 aromatic rings. The molecule has 0 saturated heterocycles. The quantitative estimate of drug-likeness (QED) is 0.894. The second-order valence-corrected chi connectivity index (χ2v) is 6.85. The molecule has 1 saturated carbocycles. The lowest BCUT2D eigenvalue weighted by atomic mass is 10.00. The van der Waals surface area contributed by atoms with Crippen molar-refractivity contribution in [1.82, 2.24) is 0 Å². The molecule has 0 unspecified atom stereocenters. The van der Waals surface area contributed by atoms with Crippen molar-refractivity contribution in [3.05, 3.63) is 24.3 Å². The van der Waals surface area contributed by atoms with Crippen LogP contribution in [0, 0.1) is 5.92 Å². The van der Waals surface area contributed by atoms with E-state index in [0.29, 0.717) is 12.3 Å². The predicted octanol–water partition coefficient (Wildman–Crippen LogP) is 3.32. The number of amides is 1. The summed E-state index contributed by atoms with van der Waals surface area (Å²) in [7, 11) is 0. The van der Waals surface area contributed by atoms with Crippen molar-refractivity contribution in [2.24, 2.45) is 11.7 Å². The van der Waals surface area contributed by atoms with Gasteiger partial charge in [-0.3, -0.25) is 4.79 Å². The molecule has 21 heavy (non-hydrogen) atoms. The van der Waals surface area contributed by atoms with E-state index in [0.717, 1.165) is 30.7 Å². The van der Waals surface area contributed by atoms with Gasteiger partial charge in [0, 0.05) is 18.2 Å². The molecule has 116 valence electrons. The topological polar surface area (TPSA) is 64.3 Å². The van der Waals surface area contributed by atoms with E-state index in [4.69, 9.17) is 10.5 Å². The summed E-state index contributed by atoms with van der Waals surface area (Å²) in [5, 5.41) is 2.93. The first-order valence-corrected chi connectivity index (χ1v) is 7.68. The van der Waals surface area contributed by atoms with Crippen LogP contribution in [0.15, 0.2) is 24.3 Å². The summed E-state index contributed by atoms with van der Waals surface area (Å²) < 4.78 is 5.75. The Morgan fingerprint density at radius 1 is 1.29 bits per heavy atom. The zero-order valence-corrected chi connectivity index (χ0v) is 13.2. The van der Waals surface area contributed by atoms with E-state index >= 15 is 0 Å². The van der Waals surface area contributed by atoms with Gasteiger partial charge in [0.15, 0.2) is 0 Å². The number of ether oxygens (including phenoxy) is 1. The van der Waals surface area contributed by atoms with Crippen molar-refractivity contribution in [2.45, 2.75) is 58.1 Å². The molecule has 0 heterocycles. The Bertz CT molecular complexity index is 477. The molecule has 0 radical (unpaired) electrons. The number of benzene rings is 1. The Labute approximate surface area is 127 Å². The zero-order valence-electron chi connectivity index (χ0n) is 13.2. The summed E-state index contributed by atoms with van der Waals surface area (Å²) in [5.74, 6) is 1.17. The molecule has 1 aliphatic rings. The third-order valence-electron chi connectivity index (χ3n) is 3.73. The third kappa shape index (κ3) is 5.05. The van der Waals surface area contributed by atoms with Gasteiger partial charge >= 0.3 is 0 Å². The standard InChI is InChI=1S/C17H26N2O2/c1-17(2,3)21-14-9-7-13(8-10-14)19-16(20)11-12-5-4-6-15(12)18/h7-10,12,15H,4-6,11,18H2,1-3H3,(H,19,20)/t12-,15+/m0/s1. The molecule has 0 spiro atoms. The summed E-state index contributed by atoms with van der Waals surface area (Å²) in [5.41, 5.74) is 6.58. The van der Waals surface area contributed by atoms with Crippen molar-refractivity contribution >= 4 is 11.6 Å². The minimum absolute atomic E-state index is 0.0434. The van der Waals surface area contributed by atoms with Crippen LogP contribution in [-0.4, -0.2) is 17.6 Å². The average Bonchev–Trinajstić information content (AvgIpc) is 2.76. The molecule has 2 atom stereocenters. The monoisotopic (exact) mass is 290 g/mol. The lowest BCUT2D eigenvalue weighted by Crippen LogP contribution is -2.28. The summed E-state index contributed by atoms with van der Waals surface area (Å²) in [6.07, 6.45) is 3.75. The van der Waals surface area contributed by atoms with Crippen LogP contribution in [0.4, 0.5) is 5.69 Å². The Balaban J connectivity index is 1.86. The summed E-state index contributed by atoms with van der Waals surface area (Å²) >= 11 is 0. The largest absolute Gasteiger partial charge is 0.488 e. The Morgan fingerprint density at radius 3 is 2.48 bits per heavy atom. The first kappa shape index (κ1) is 15.8. The maximum absolute atomic E-state index is 12.0. The van der Waals surface area contributed by atoms with Gasteiger partial charge in [-0.2, -0.15) is 0 Å². The first-order valence-electron chi connectivity index (χ1n) is 7.68. The van der Waals surface area contributed by atoms with E-state index in [-0.39, 0.29) is 17.6 Å². The van der Waals surface area contributed by atoms with Crippen LogP contribution in [0.1, 0.15) is 46.5 Å². The van der Waals surface area contributed by atoms with Crippen molar-refractivity contribution in [2.75, 3.05) is 5.32 Å². The fourth-order valence-electron chi connectivity index (χ4n) is 2.73. The second-order valence-electron chi connectivity index (χ2n) is 6.85. The molecule has 2 rings (SSSR count). The van der Waals surface area contributed by atoms with E-state index in [1.54, 1.807) is 0 Å². The van der Waals surface area contributed by atoms with Crippen LogP contribution in [0.5, 0.6) is 5.75 Å². The van der Waals surface area contributed by atoms with Gasteiger partial charge < -0.3 is 15.8 Å².